The van der Waals surface area contributed by atoms with Crippen molar-refractivity contribution in [2.75, 3.05) is 11.5 Å². The lowest BCUT2D eigenvalue weighted by Gasteiger charge is -2.13. The lowest BCUT2D eigenvalue weighted by Crippen LogP contribution is -2.27. The molecule has 18 heavy (non-hydrogen) atoms. The molecule has 0 saturated heterocycles. The molecule has 0 heterocycles. The second-order valence-electron chi connectivity index (χ2n) is 4.06. The van der Waals surface area contributed by atoms with E-state index in [1.54, 1.807) is 6.07 Å². The van der Waals surface area contributed by atoms with Crippen LogP contribution in [0.1, 0.15) is 29.8 Å². The van der Waals surface area contributed by atoms with E-state index in [0.717, 1.165) is 17.1 Å². The lowest BCUT2D eigenvalue weighted by atomic mass is 10.1. The van der Waals surface area contributed by atoms with Gasteiger partial charge in [-0.05, 0) is 30.4 Å². The summed E-state index contributed by atoms with van der Waals surface area (Å²) in [6.45, 7) is 4.73. The number of aromatic carboxylic acids is 1. The summed E-state index contributed by atoms with van der Waals surface area (Å²) in [7, 11) is 0. The molecular formula is C13H18FNO2S. The van der Waals surface area contributed by atoms with E-state index in [9.17, 15) is 9.18 Å². The van der Waals surface area contributed by atoms with Gasteiger partial charge in [-0.1, -0.05) is 13.0 Å². The second-order valence-corrected chi connectivity index (χ2v) is 5.38. The van der Waals surface area contributed by atoms with Crippen LogP contribution in [0.4, 0.5) is 4.39 Å². The van der Waals surface area contributed by atoms with Gasteiger partial charge in [0.15, 0.2) is 0 Å². The van der Waals surface area contributed by atoms with E-state index < -0.39 is 11.8 Å². The predicted octanol–water partition coefficient (Wildman–Crippen LogP) is 2.76. The largest absolute Gasteiger partial charge is 0.478 e. The molecular weight excluding hydrogens is 253 g/mol. The lowest BCUT2D eigenvalue weighted by molar-refractivity contribution is 0.0692. The highest BCUT2D eigenvalue weighted by Gasteiger charge is 2.10. The summed E-state index contributed by atoms with van der Waals surface area (Å²) in [4.78, 5) is 10.7. The van der Waals surface area contributed by atoms with Crippen LogP contribution in [0.3, 0.4) is 0 Å². The van der Waals surface area contributed by atoms with Gasteiger partial charge in [-0.15, -0.1) is 0 Å². The molecule has 0 saturated carbocycles. The van der Waals surface area contributed by atoms with E-state index in [-0.39, 0.29) is 5.56 Å². The molecule has 0 fully saturated rings. The molecule has 1 unspecified atom stereocenters. The minimum atomic E-state index is -1.24. The van der Waals surface area contributed by atoms with Crippen molar-refractivity contribution >= 4 is 17.7 Å². The molecule has 1 aromatic carbocycles. The van der Waals surface area contributed by atoms with Crippen LogP contribution in [0.5, 0.6) is 0 Å². The van der Waals surface area contributed by atoms with E-state index in [1.165, 1.54) is 12.1 Å². The second kappa shape index (κ2) is 7.38. The Labute approximate surface area is 111 Å². The van der Waals surface area contributed by atoms with Gasteiger partial charge in [0.1, 0.15) is 5.82 Å². The molecule has 0 aliphatic carbocycles. The first-order valence-corrected chi connectivity index (χ1v) is 7.03. The van der Waals surface area contributed by atoms with E-state index >= 15 is 0 Å². The minimum Gasteiger partial charge on any atom is -0.478 e. The highest BCUT2D eigenvalue weighted by atomic mass is 32.2. The van der Waals surface area contributed by atoms with Crippen molar-refractivity contribution < 1.29 is 14.3 Å². The summed E-state index contributed by atoms with van der Waals surface area (Å²) in [6.07, 6.45) is 0. The predicted molar refractivity (Wildman–Crippen MR) is 72.7 cm³/mol. The van der Waals surface area contributed by atoms with Crippen LogP contribution < -0.4 is 5.32 Å². The number of thioether (sulfide) groups is 1. The van der Waals surface area contributed by atoms with Crippen molar-refractivity contribution in [3.8, 4) is 0 Å². The van der Waals surface area contributed by atoms with Crippen LogP contribution in [0.2, 0.25) is 0 Å². The number of carboxylic acid groups (broad SMARTS) is 1. The fourth-order valence-corrected chi connectivity index (χ4v) is 2.19. The van der Waals surface area contributed by atoms with Crippen LogP contribution >= 0.6 is 11.8 Å². The summed E-state index contributed by atoms with van der Waals surface area (Å²) in [6, 6.07) is 4.56. The molecule has 0 spiro atoms. The van der Waals surface area contributed by atoms with Gasteiger partial charge >= 0.3 is 5.97 Å². The van der Waals surface area contributed by atoms with Gasteiger partial charge in [0.2, 0.25) is 0 Å². The molecule has 0 aliphatic rings. The zero-order valence-corrected chi connectivity index (χ0v) is 11.4. The fraction of sp³-hybridized carbons (Fsp3) is 0.462. The third kappa shape index (κ3) is 4.66. The van der Waals surface area contributed by atoms with Gasteiger partial charge in [-0.25, -0.2) is 9.18 Å². The number of rotatable bonds is 7. The van der Waals surface area contributed by atoms with E-state index in [0.29, 0.717) is 12.6 Å². The van der Waals surface area contributed by atoms with E-state index in [4.69, 9.17) is 5.11 Å². The Morgan fingerprint density at radius 2 is 2.28 bits per heavy atom. The summed E-state index contributed by atoms with van der Waals surface area (Å²) in [5, 5.41) is 12.0. The van der Waals surface area contributed by atoms with Gasteiger partial charge in [0, 0.05) is 18.3 Å². The Balaban J connectivity index is 2.53. The van der Waals surface area contributed by atoms with Crippen LogP contribution in [-0.4, -0.2) is 28.6 Å². The molecule has 1 aromatic rings. The Kier molecular flexibility index (Phi) is 6.15. The number of hydrogen-bond donors (Lipinski definition) is 2. The number of carbonyl (C=O) groups is 1. The van der Waals surface area contributed by atoms with Gasteiger partial charge < -0.3 is 10.4 Å². The quantitative estimate of drug-likeness (QED) is 0.800. The topological polar surface area (TPSA) is 49.3 Å². The first kappa shape index (κ1) is 15.0. The third-order valence-electron chi connectivity index (χ3n) is 2.49. The highest BCUT2D eigenvalue weighted by Crippen LogP contribution is 2.11. The maximum Gasteiger partial charge on any atom is 0.338 e. The van der Waals surface area contributed by atoms with Crippen molar-refractivity contribution in [1.29, 1.82) is 0 Å². The molecule has 2 N–H and O–H groups in total. The fourth-order valence-electron chi connectivity index (χ4n) is 1.49. The molecule has 0 aromatic heterocycles. The molecule has 0 amide bonds. The molecule has 1 atom stereocenters. The molecule has 3 nitrogen and oxygen atoms in total. The summed E-state index contributed by atoms with van der Waals surface area (Å²) in [5.41, 5.74) is 0.471. The number of hydrogen-bond acceptors (Lipinski definition) is 3. The van der Waals surface area contributed by atoms with Crippen LogP contribution in [0.25, 0.3) is 0 Å². The molecule has 0 bridgehead atoms. The maximum absolute atomic E-state index is 13.4. The maximum atomic E-state index is 13.4. The number of carboxylic acids is 1. The van der Waals surface area contributed by atoms with Crippen LogP contribution in [-0.2, 0) is 6.54 Å². The molecule has 0 radical (unpaired) electrons. The molecule has 100 valence electrons. The molecule has 1 rings (SSSR count). The number of halogens is 1. The first-order chi connectivity index (χ1) is 8.54. The number of nitrogens with one attached hydrogen (secondary N) is 1. The van der Waals surface area contributed by atoms with E-state index in [1.807, 2.05) is 11.8 Å². The van der Waals surface area contributed by atoms with Crippen molar-refractivity contribution in [1.82, 2.24) is 5.32 Å². The summed E-state index contributed by atoms with van der Waals surface area (Å²) in [5.74, 6) is 0.164. The first-order valence-electron chi connectivity index (χ1n) is 5.87. The standard InChI is InChI=1S/C13H18FNO2S/c1-3-18-8-9(2)15-7-10-4-5-11(13(16)17)12(14)6-10/h4-6,9,15H,3,7-8H2,1-2H3,(H,16,17). The van der Waals surface area contributed by atoms with Crippen molar-refractivity contribution in [2.45, 2.75) is 26.4 Å². The Bertz CT molecular complexity index is 412. The minimum absolute atomic E-state index is 0.284. The van der Waals surface area contributed by atoms with Crippen molar-refractivity contribution in [3.63, 3.8) is 0 Å². The van der Waals surface area contributed by atoms with Crippen LogP contribution in [0, 0.1) is 5.82 Å². The summed E-state index contributed by atoms with van der Waals surface area (Å²) >= 11 is 1.85. The zero-order chi connectivity index (χ0) is 13.5. The SMILES string of the molecule is CCSCC(C)NCc1ccc(C(=O)O)c(F)c1. The smallest absolute Gasteiger partial charge is 0.338 e. The summed E-state index contributed by atoms with van der Waals surface area (Å²) < 4.78 is 13.4. The van der Waals surface area contributed by atoms with Gasteiger partial charge in [0.05, 0.1) is 5.56 Å². The van der Waals surface area contributed by atoms with Crippen LogP contribution in [0.15, 0.2) is 18.2 Å². The van der Waals surface area contributed by atoms with Gasteiger partial charge in [0.25, 0.3) is 0 Å². The average Bonchev–Trinajstić information content (AvgIpc) is 2.33. The van der Waals surface area contributed by atoms with E-state index in [2.05, 4.69) is 19.2 Å². The third-order valence-corrected chi connectivity index (χ3v) is 3.63. The average molecular weight is 271 g/mol. The highest BCUT2D eigenvalue weighted by molar-refractivity contribution is 7.99. The van der Waals surface area contributed by atoms with Gasteiger partial charge in [-0.2, -0.15) is 11.8 Å². The Morgan fingerprint density at radius 3 is 2.83 bits per heavy atom. The Morgan fingerprint density at radius 1 is 1.56 bits per heavy atom. The molecule has 0 aliphatic heterocycles. The number of benzene rings is 1. The van der Waals surface area contributed by atoms with Crippen molar-refractivity contribution in [2.24, 2.45) is 0 Å². The zero-order valence-electron chi connectivity index (χ0n) is 10.6. The monoisotopic (exact) mass is 271 g/mol. The normalized spacial score (nSPS) is 12.4. The molecule has 5 heteroatoms. The van der Waals surface area contributed by atoms with Gasteiger partial charge in [-0.3, -0.25) is 0 Å². The van der Waals surface area contributed by atoms with Crippen molar-refractivity contribution in [3.05, 3.63) is 35.1 Å². The Hall–Kier alpha value is -1.07.